The number of ketones is 1. The standard InChI is InChI=1S/C21H16BrN3O/c22-19-10-7-16(8-11-19)20(26)12-9-18-15-25(14-4-13-23)24-21(18)17-5-2-1-3-6-17/h1-3,5-12,15H,4,14H2/b12-9+. The summed E-state index contributed by atoms with van der Waals surface area (Å²) in [6.07, 6.45) is 5.59. The van der Waals surface area contributed by atoms with Gasteiger partial charge in [0.1, 0.15) is 0 Å². The average Bonchev–Trinajstić information content (AvgIpc) is 3.09. The Bertz CT molecular complexity index is 967. The molecular weight excluding hydrogens is 390 g/mol. The van der Waals surface area contributed by atoms with Crippen LogP contribution >= 0.6 is 15.9 Å². The molecule has 0 saturated carbocycles. The molecule has 0 aliphatic carbocycles. The molecule has 1 heterocycles. The van der Waals surface area contributed by atoms with Crippen molar-refractivity contribution < 1.29 is 4.79 Å². The summed E-state index contributed by atoms with van der Waals surface area (Å²) in [6.45, 7) is 0.519. The van der Waals surface area contributed by atoms with Gasteiger partial charge in [-0.1, -0.05) is 46.3 Å². The van der Waals surface area contributed by atoms with Crippen molar-refractivity contribution >= 4 is 27.8 Å². The number of benzene rings is 2. The van der Waals surface area contributed by atoms with Crippen LogP contribution in [0.1, 0.15) is 22.3 Å². The van der Waals surface area contributed by atoms with Crippen LogP contribution in [0.2, 0.25) is 0 Å². The summed E-state index contributed by atoms with van der Waals surface area (Å²) in [5, 5.41) is 13.4. The van der Waals surface area contributed by atoms with E-state index >= 15 is 0 Å². The molecule has 26 heavy (non-hydrogen) atoms. The van der Waals surface area contributed by atoms with Crippen LogP contribution in [0.3, 0.4) is 0 Å². The normalized spacial score (nSPS) is 10.8. The Hall–Kier alpha value is -2.97. The second kappa shape index (κ2) is 8.41. The Labute approximate surface area is 160 Å². The van der Waals surface area contributed by atoms with Crippen molar-refractivity contribution in [1.82, 2.24) is 9.78 Å². The van der Waals surface area contributed by atoms with E-state index in [-0.39, 0.29) is 5.78 Å². The second-order valence-electron chi connectivity index (χ2n) is 5.67. The summed E-state index contributed by atoms with van der Waals surface area (Å²) in [5.41, 5.74) is 3.24. The van der Waals surface area contributed by atoms with E-state index in [0.717, 1.165) is 21.3 Å². The van der Waals surface area contributed by atoms with E-state index in [1.807, 2.05) is 48.7 Å². The van der Waals surface area contributed by atoms with Crippen LogP contribution in [0.25, 0.3) is 17.3 Å². The maximum atomic E-state index is 12.4. The highest BCUT2D eigenvalue weighted by Gasteiger charge is 2.10. The fraction of sp³-hybridized carbons (Fsp3) is 0.0952. The van der Waals surface area contributed by atoms with Gasteiger partial charge in [-0.2, -0.15) is 10.4 Å². The van der Waals surface area contributed by atoms with Gasteiger partial charge >= 0.3 is 0 Å². The molecule has 0 radical (unpaired) electrons. The zero-order valence-corrected chi connectivity index (χ0v) is 15.6. The van der Waals surface area contributed by atoms with E-state index in [2.05, 4.69) is 27.1 Å². The maximum Gasteiger partial charge on any atom is 0.185 e. The highest BCUT2D eigenvalue weighted by atomic mass is 79.9. The molecule has 0 amide bonds. The number of halogens is 1. The SMILES string of the molecule is N#CCCn1cc(/C=C/C(=O)c2ccc(Br)cc2)c(-c2ccccc2)n1. The van der Waals surface area contributed by atoms with Crippen molar-refractivity contribution in [3.63, 3.8) is 0 Å². The summed E-state index contributed by atoms with van der Waals surface area (Å²) < 4.78 is 2.68. The summed E-state index contributed by atoms with van der Waals surface area (Å²) in [5.74, 6) is -0.0683. The van der Waals surface area contributed by atoms with Gasteiger partial charge in [0, 0.05) is 27.4 Å². The average molecular weight is 406 g/mol. The minimum atomic E-state index is -0.0683. The van der Waals surface area contributed by atoms with Crippen molar-refractivity contribution in [2.75, 3.05) is 0 Å². The van der Waals surface area contributed by atoms with Crippen molar-refractivity contribution in [3.05, 3.63) is 82.5 Å². The van der Waals surface area contributed by atoms with Crippen LogP contribution in [-0.4, -0.2) is 15.6 Å². The molecule has 0 saturated heterocycles. The molecule has 4 nitrogen and oxygen atoms in total. The van der Waals surface area contributed by atoms with Gasteiger partial charge in [-0.3, -0.25) is 9.48 Å². The van der Waals surface area contributed by atoms with Gasteiger partial charge in [-0.05, 0) is 36.4 Å². The zero-order valence-electron chi connectivity index (χ0n) is 14.0. The molecule has 128 valence electrons. The quantitative estimate of drug-likeness (QED) is 0.422. The third-order valence-corrected chi connectivity index (χ3v) is 4.36. The van der Waals surface area contributed by atoms with E-state index in [9.17, 15) is 4.79 Å². The van der Waals surface area contributed by atoms with Crippen molar-refractivity contribution in [2.24, 2.45) is 0 Å². The molecule has 0 bridgehead atoms. The summed E-state index contributed by atoms with van der Waals surface area (Å²) in [4.78, 5) is 12.4. The first-order valence-corrected chi connectivity index (χ1v) is 8.94. The number of hydrogen-bond donors (Lipinski definition) is 0. The molecule has 0 aliphatic rings. The molecule has 0 N–H and O–H groups in total. The molecule has 0 spiro atoms. The van der Waals surface area contributed by atoms with Crippen LogP contribution in [0.15, 0.2) is 71.3 Å². The summed E-state index contributed by atoms with van der Waals surface area (Å²) in [6, 6.07) is 19.2. The largest absolute Gasteiger partial charge is 0.289 e. The third kappa shape index (κ3) is 4.35. The van der Waals surface area contributed by atoms with E-state index < -0.39 is 0 Å². The third-order valence-electron chi connectivity index (χ3n) is 3.83. The minimum absolute atomic E-state index is 0.0683. The first-order valence-electron chi connectivity index (χ1n) is 8.15. The van der Waals surface area contributed by atoms with Crippen LogP contribution in [0.4, 0.5) is 0 Å². The van der Waals surface area contributed by atoms with Crippen LogP contribution < -0.4 is 0 Å². The molecule has 0 atom stereocenters. The number of aryl methyl sites for hydroxylation is 1. The lowest BCUT2D eigenvalue weighted by atomic mass is 10.1. The topological polar surface area (TPSA) is 58.7 Å². The number of nitrogens with zero attached hydrogens (tertiary/aromatic N) is 3. The number of rotatable bonds is 6. The molecule has 1 aromatic heterocycles. The number of aromatic nitrogens is 2. The molecule has 0 unspecified atom stereocenters. The Morgan fingerprint density at radius 1 is 1.15 bits per heavy atom. The lowest BCUT2D eigenvalue weighted by Crippen LogP contribution is -1.97. The Morgan fingerprint density at radius 2 is 1.88 bits per heavy atom. The van der Waals surface area contributed by atoms with E-state index in [1.165, 1.54) is 0 Å². The highest BCUT2D eigenvalue weighted by Crippen LogP contribution is 2.23. The predicted molar refractivity (Wildman–Crippen MR) is 105 cm³/mol. The summed E-state index contributed by atoms with van der Waals surface area (Å²) in [7, 11) is 0. The van der Waals surface area contributed by atoms with Gasteiger partial charge in [0.2, 0.25) is 0 Å². The van der Waals surface area contributed by atoms with Crippen LogP contribution in [-0.2, 0) is 6.54 Å². The van der Waals surface area contributed by atoms with Gasteiger partial charge in [0.25, 0.3) is 0 Å². The number of nitriles is 1. The minimum Gasteiger partial charge on any atom is -0.289 e. The Morgan fingerprint density at radius 3 is 2.58 bits per heavy atom. The molecule has 0 fully saturated rings. The predicted octanol–water partition coefficient (Wildman–Crippen LogP) is 5.12. The lowest BCUT2D eigenvalue weighted by Gasteiger charge is -1.99. The van der Waals surface area contributed by atoms with Crippen molar-refractivity contribution in [3.8, 4) is 17.3 Å². The zero-order chi connectivity index (χ0) is 18.4. The first-order chi connectivity index (χ1) is 12.7. The number of carbonyl (C=O) groups is 1. The first kappa shape index (κ1) is 17.8. The van der Waals surface area contributed by atoms with Gasteiger partial charge < -0.3 is 0 Å². The summed E-state index contributed by atoms with van der Waals surface area (Å²) >= 11 is 3.37. The van der Waals surface area contributed by atoms with Crippen molar-refractivity contribution in [1.29, 1.82) is 5.26 Å². The maximum absolute atomic E-state index is 12.4. The fourth-order valence-corrected chi connectivity index (χ4v) is 2.80. The number of hydrogen-bond acceptors (Lipinski definition) is 3. The smallest absolute Gasteiger partial charge is 0.185 e. The monoisotopic (exact) mass is 405 g/mol. The molecule has 0 aliphatic heterocycles. The molecule has 3 rings (SSSR count). The fourth-order valence-electron chi connectivity index (χ4n) is 2.53. The van der Waals surface area contributed by atoms with Gasteiger partial charge in [-0.15, -0.1) is 0 Å². The second-order valence-corrected chi connectivity index (χ2v) is 6.59. The Kier molecular flexibility index (Phi) is 5.77. The van der Waals surface area contributed by atoms with E-state index in [4.69, 9.17) is 5.26 Å². The van der Waals surface area contributed by atoms with Crippen molar-refractivity contribution in [2.45, 2.75) is 13.0 Å². The van der Waals surface area contributed by atoms with E-state index in [0.29, 0.717) is 18.5 Å². The van der Waals surface area contributed by atoms with Gasteiger partial charge in [0.05, 0.1) is 24.7 Å². The molecule has 2 aromatic carbocycles. The molecular formula is C21H16BrN3O. The number of carbonyl (C=O) groups excluding carboxylic acids is 1. The van der Waals surface area contributed by atoms with Gasteiger partial charge in [0.15, 0.2) is 5.78 Å². The van der Waals surface area contributed by atoms with Gasteiger partial charge in [-0.25, -0.2) is 0 Å². The van der Waals surface area contributed by atoms with E-state index in [1.54, 1.807) is 29.0 Å². The molecule has 5 heteroatoms. The van der Waals surface area contributed by atoms with Crippen LogP contribution in [0.5, 0.6) is 0 Å². The lowest BCUT2D eigenvalue weighted by molar-refractivity contribution is 0.104. The highest BCUT2D eigenvalue weighted by molar-refractivity contribution is 9.10. The Balaban J connectivity index is 1.90. The van der Waals surface area contributed by atoms with Crippen LogP contribution in [0, 0.1) is 11.3 Å². The number of allylic oxidation sites excluding steroid dienone is 1. The molecule has 3 aromatic rings.